The van der Waals surface area contributed by atoms with Gasteiger partial charge in [-0.1, -0.05) is 29.8 Å². The summed E-state index contributed by atoms with van der Waals surface area (Å²) < 4.78 is 0. The average molecular weight is 291 g/mol. The zero-order valence-electron chi connectivity index (χ0n) is 12.6. The maximum atomic E-state index is 12.1. The van der Waals surface area contributed by atoms with Crippen LogP contribution in [0.1, 0.15) is 27.3 Å². The normalized spacial score (nSPS) is 10.6. The number of amides is 1. The summed E-state index contributed by atoms with van der Waals surface area (Å²) in [5.41, 5.74) is 5.12. The van der Waals surface area contributed by atoms with E-state index >= 15 is 0 Å². The Bertz CT molecular complexity index is 825. The Labute approximate surface area is 129 Å². The van der Waals surface area contributed by atoms with Crippen LogP contribution in [-0.2, 0) is 6.54 Å². The molecule has 0 aliphatic carbocycles. The molecule has 1 N–H and O–H groups in total. The molecule has 3 rings (SSSR count). The van der Waals surface area contributed by atoms with Crippen molar-refractivity contribution >= 4 is 16.9 Å². The Kier molecular flexibility index (Phi) is 3.83. The van der Waals surface area contributed by atoms with E-state index in [9.17, 15) is 4.79 Å². The molecule has 1 heterocycles. The van der Waals surface area contributed by atoms with Crippen LogP contribution in [0.15, 0.2) is 48.5 Å². The Morgan fingerprint density at radius 3 is 2.27 bits per heavy atom. The minimum absolute atomic E-state index is 0.102. The summed E-state index contributed by atoms with van der Waals surface area (Å²) in [7, 11) is 0. The number of carbonyl (C=O) groups excluding carboxylic acids is 1. The Hall–Kier alpha value is -2.75. The third-order valence-electron chi connectivity index (χ3n) is 3.57. The highest BCUT2D eigenvalue weighted by atomic mass is 16.1. The van der Waals surface area contributed by atoms with Crippen molar-refractivity contribution < 1.29 is 4.79 Å². The minimum Gasteiger partial charge on any atom is -0.346 e. The number of hydrogen-bond donors (Lipinski definition) is 1. The number of benzene rings is 2. The lowest BCUT2D eigenvalue weighted by atomic mass is 10.1. The molecule has 0 radical (unpaired) electrons. The molecule has 0 spiro atoms. The summed E-state index contributed by atoms with van der Waals surface area (Å²) in [6.45, 7) is 4.28. The Balaban J connectivity index is 1.77. The van der Waals surface area contributed by atoms with Crippen molar-refractivity contribution in [2.45, 2.75) is 20.4 Å². The third-order valence-corrected chi connectivity index (χ3v) is 3.57. The molecule has 2 aromatic carbocycles. The van der Waals surface area contributed by atoms with E-state index in [1.54, 1.807) is 0 Å². The molecule has 0 unspecified atom stereocenters. The van der Waals surface area contributed by atoms with Crippen LogP contribution >= 0.6 is 0 Å². The van der Waals surface area contributed by atoms with Crippen molar-refractivity contribution in [2.24, 2.45) is 0 Å². The summed E-state index contributed by atoms with van der Waals surface area (Å²) in [5.74, 6) is -0.102. The van der Waals surface area contributed by atoms with Gasteiger partial charge in [-0.25, -0.2) is 9.97 Å². The van der Waals surface area contributed by atoms with Crippen molar-refractivity contribution in [1.29, 1.82) is 0 Å². The number of para-hydroxylation sites is 2. The number of rotatable bonds is 3. The van der Waals surface area contributed by atoms with Crippen LogP contribution in [0.3, 0.4) is 0 Å². The maximum Gasteiger partial charge on any atom is 0.251 e. The fourth-order valence-electron chi connectivity index (χ4n) is 2.26. The first-order valence-electron chi connectivity index (χ1n) is 7.20. The topological polar surface area (TPSA) is 54.9 Å². The van der Waals surface area contributed by atoms with Crippen LogP contribution < -0.4 is 5.32 Å². The molecule has 4 nitrogen and oxygen atoms in total. The van der Waals surface area contributed by atoms with E-state index < -0.39 is 0 Å². The van der Waals surface area contributed by atoms with Crippen LogP contribution in [0.4, 0.5) is 0 Å². The molecule has 0 bridgehead atoms. The first-order valence-corrected chi connectivity index (χ1v) is 7.20. The third kappa shape index (κ3) is 2.96. The molecule has 3 aromatic rings. The van der Waals surface area contributed by atoms with Crippen molar-refractivity contribution in [2.75, 3.05) is 0 Å². The fourth-order valence-corrected chi connectivity index (χ4v) is 2.26. The Morgan fingerprint density at radius 1 is 0.955 bits per heavy atom. The quantitative estimate of drug-likeness (QED) is 0.806. The first-order chi connectivity index (χ1) is 10.6. The van der Waals surface area contributed by atoms with E-state index in [0.29, 0.717) is 12.1 Å². The molecular formula is C18H17N3O. The number of nitrogens with zero attached hydrogens (tertiary/aromatic N) is 2. The molecule has 0 saturated carbocycles. The number of nitrogens with one attached hydrogen (secondary N) is 1. The summed E-state index contributed by atoms with van der Waals surface area (Å²) in [4.78, 5) is 21.2. The summed E-state index contributed by atoms with van der Waals surface area (Å²) in [6.07, 6.45) is 0. The van der Waals surface area contributed by atoms with Crippen molar-refractivity contribution in [3.05, 3.63) is 71.0 Å². The molecule has 0 aliphatic heterocycles. The standard InChI is InChI=1S/C18H17N3O/c1-12-7-9-14(10-8-12)18(22)19-11-17-13(2)20-15-5-3-4-6-16(15)21-17/h3-10H,11H2,1-2H3,(H,19,22). The van der Waals surface area contributed by atoms with E-state index in [1.165, 1.54) is 0 Å². The maximum absolute atomic E-state index is 12.1. The second kappa shape index (κ2) is 5.93. The SMILES string of the molecule is Cc1ccc(C(=O)NCc2nc3ccccc3nc2C)cc1. The highest BCUT2D eigenvalue weighted by molar-refractivity contribution is 5.94. The molecule has 0 atom stereocenters. The highest BCUT2D eigenvalue weighted by Crippen LogP contribution is 2.12. The second-order valence-corrected chi connectivity index (χ2v) is 5.29. The summed E-state index contributed by atoms with van der Waals surface area (Å²) in [6, 6.07) is 15.2. The van der Waals surface area contributed by atoms with Crippen LogP contribution in [0.25, 0.3) is 11.0 Å². The van der Waals surface area contributed by atoms with Crippen molar-refractivity contribution in [3.63, 3.8) is 0 Å². The van der Waals surface area contributed by atoms with Crippen molar-refractivity contribution in [3.8, 4) is 0 Å². The minimum atomic E-state index is -0.102. The smallest absolute Gasteiger partial charge is 0.251 e. The molecule has 0 aliphatic rings. The molecule has 1 amide bonds. The van der Waals surface area contributed by atoms with Gasteiger partial charge >= 0.3 is 0 Å². The summed E-state index contributed by atoms with van der Waals surface area (Å²) in [5, 5.41) is 2.90. The van der Waals surface area contributed by atoms with Gasteiger partial charge in [-0.05, 0) is 38.1 Å². The lowest BCUT2D eigenvalue weighted by Gasteiger charge is -2.08. The molecule has 0 fully saturated rings. The monoisotopic (exact) mass is 291 g/mol. The van der Waals surface area contributed by atoms with E-state index in [-0.39, 0.29) is 5.91 Å². The molecular weight excluding hydrogens is 274 g/mol. The largest absolute Gasteiger partial charge is 0.346 e. The lowest BCUT2D eigenvalue weighted by molar-refractivity contribution is 0.0950. The van der Waals surface area contributed by atoms with Gasteiger partial charge in [-0.15, -0.1) is 0 Å². The zero-order chi connectivity index (χ0) is 15.5. The predicted molar refractivity (Wildman–Crippen MR) is 86.6 cm³/mol. The van der Waals surface area contributed by atoms with E-state index in [1.807, 2.05) is 62.4 Å². The average Bonchev–Trinajstić information content (AvgIpc) is 2.53. The fraction of sp³-hybridized carbons (Fsp3) is 0.167. The number of carbonyl (C=O) groups is 1. The number of hydrogen-bond acceptors (Lipinski definition) is 3. The van der Waals surface area contributed by atoms with Gasteiger partial charge in [0.1, 0.15) is 0 Å². The first kappa shape index (κ1) is 14.2. The summed E-state index contributed by atoms with van der Waals surface area (Å²) >= 11 is 0. The molecule has 0 saturated heterocycles. The number of fused-ring (bicyclic) bond motifs is 1. The van der Waals surface area contributed by atoms with Gasteiger partial charge in [0.05, 0.1) is 29.0 Å². The van der Waals surface area contributed by atoms with Crippen molar-refractivity contribution in [1.82, 2.24) is 15.3 Å². The predicted octanol–water partition coefficient (Wildman–Crippen LogP) is 3.18. The Morgan fingerprint density at radius 2 is 1.59 bits per heavy atom. The van der Waals surface area contributed by atoms with Gasteiger partial charge < -0.3 is 5.32 Å². The van der Waals surface area contributed by atoms with E-state index in [4.69, 9.17) is 0 Å². The van der Waals surface area contributed by atoms with Gasteiger partial charge in [0.25, 0.3) is 5.91 Å². The lowest BCUT2D eigenvalue weighted by Crippen LogP contribution is -2.24. The molecule has 22 heavy (non-hydrogen) atoms. The van der Waals surface area contributed by atoms with Crippen LogP contribution in [-0.4, -0.2) is 15.9 Å². The molecule has 4 heteroatoms. The van der Waals surface area contributed by atoms with Gasteiger partial charge in [0.2, 0.25) is 0 Å². The van der Waals surface area contributed by atoms with Gasteiger partial charge in [-0.3, -0.25) is 4.79 Å². The van der Waals surface area contributed by atoms with E-state index in [0.717, 1.165) is 28.0 Å². The van der Waals surface area contributed by atoms with Crippen LogP contribution in [0.5, 0.6) is 0 Å². The van der Waals surface area contributed by atoms with Gasteiger partial charge in [0, 0.05) is 5.56 Å². The number of aromatic nitrogens is 2. The highest BCUT2D eigenvalue weighted by Gasteiger charge is 2.08. The van der Waals surface area contributed by atoms with Crippen LogP contribution in [0.2, 0.25) is 0 Å². The van der Waals surface area contributed by atoms with E-state index in [2.05, 4.69) is 15.3 Å². The second-order valence-electron chi connectivity index (χ2n) is 5.29. The molecule has 110 valence electrons. The van der Waals surface area contributed by atoms with Crippen LogP contribution in [0, 0.1) is 13.8 Å². The van der Waals surface area contributed by atoms with Gasteiger partial charge in [-0.2, -0.15) is 0 Å². The number of aryl methyl sites for hydroxylation is 2. The van der Waals surface area contributed by atoms with Gasteiger partial charge in [0.15, 0.2) is 0 Å². The zero-order valence-corrected chi connectivity index (χ0v) is 12.6. The molecule has 1 aromatic heterocycles.